The number of rotatable bonds is 3. The van der Waals surface area contributed by atoms with E-state index in [1.807, 2.05) is 30.3 Å². The van der Waals surface area contributed by atoms with Crippen LogP contribution in [0.15, 0.2) is 67.0 Å². The van der Waals surface area contributed by atoms with E-state index in [2.05, 4.69) is 20.3 Å². The van der Waals surface area contributed by atoms with Crippen molar-refractivity contribution < 1.29 is 13.2 Å². The molecular formula is C21H15F3N4. The van der Waals surface area contributed by atoms with Gasteiger partial charge in [0, 0.05) is 29.0 Å². The van der Waals surface area contributed by atoms with Crippen LogP contribution in [0.4, 0.5) is 24.7 Å². The van der Waals surface area contributed by atoms with E-state index in [-0.39, 0.29) is 5.56 Å². The number of nitrogens with zero attached hydrogens (tertiary/aromatic N) is 3. The van der Waals surface area contributed by atoms with Crippen molar-refractivity contribution in [1.82, 2.24) is 15.0 Å². The maximum absolute atomic E-state index is 13.2. The maximum Gasteiger partial charge on any atom is 0.416 e. The van der Waals surface area contributed by atoms with Crippen LogP contribution in [0, 0.1) is 6.92 Å². The molecule has 0 spiro atoms. The monoisotopic (exact) mass is 380 g/mol. The zero-order chi connectivity index (χ0) is 19.7. The minimum absolute atomic E-state index is 0.168. The Labute approximate surface area is 159 Å². The third-order valence-electron chi connectivity index (χ3n) is 4.33. The van der Waals surface area contributed by atoms with Crippen LogP contribution in [0.1, 0.15) is 11.1 Å². The molecule has 0 unspecified atom stereocenters. The molecule has 0 bridgehead atoms. The van der Waals surface area contributed by atoms with Crippen LogP contribution in [-0.2, 0) is 6.18 Å². The molecule has 0 saturated heterocycles. The SMILES string of the molecule is Cc1ccc(Nc2nc(-c3cccnc3)nc3ccccc23)cc1C(F)(F)F. The number of pyridine rings is 1. The molecule has 0 radical (unpaired) electrons. The molecule has 7 heteroatoms. The van der Waals surface area contributed by atoms with Gasteiger partial charge in [0.2, 0.25) is 0 Å². The minimum Gasteiger partial charge on any atom is -0.340 e. The molecule has 0 saturated carbocycles. The number of anilines is 2. The van der Waals surface area contributed by atoms with Crippen molar-refractivity contribution in [3.63, 3.8) is 0 Å². The molecule has 140 valence electrons. The molecule has 2 heterocycles. The van der Waals surface area contributed by atoms with E-state index in [0.717, 1.165) is 11.6 Å². The molecule has 0 fully saturated rings. The van der Waals surface area contributed by atoms with Crippen LogP contribution in [0.3, 0.4) is 0 Å². The summed E-state index contributed by atoms with van der Waals surface area (Å²) < 4.78 is 39.7. The molecular weight excluding hydrogens is 365 g/mol. The van der Waals surface area contributed by atoms with Crippen LogP contribution in [0.5, 0.6) is 0 Å². The van der Waals surface area contributed by atoms with Crippen LogP contribution in [-0.4, -0.2) is 15.0 Å². The lowest BCUT2D eigenvalue weighted by Gasteiger charge is -2.14. The molecule has 4 aromatic rings. The number of para-hydroxylation sites is 1. The van der Waals surface area contributed by atoms with Gasteiger partial charge in [-0.05, 0) is 48.9 Å². The standard InChI is InChI=1S/C21H15F3N4/c1-13-8-9-15(11-17(13)21(22,23)24)26-20-16-6-2-3-7-18(16)27-19(28-20)14-5-4-10-25-12-14/h2-12H,1H3,(H,26,27,28). The molecule has 0 amide bonds. The number of halogens is 3. The topological polar surface area (TPSA) is 50.7 Å². The highest BCUT2D eigenvalue weighted by molar-refractivity contribution is 5.92. The number of alkyl halides is 3. The summed E-state index contributed by atoms with van der Waals surface area (Å²) >= 11 is 0. The molecule has 0 aliphatic heterocycles. The van der Waals surface area contributed by atoms with E-state index in [4.69, 9.17) is 0 Å². The first-order valence-electron chi connectivity index (χ1n) is 8.54. The molecule has 2 aromatic carbocycles. The Morgan fingerprint density at radius 2 is 1.75 bits per heavy atom. The Balaban J connectivity index is 1.83. The Hall–Kier alpha value is -3.48. The van der Waals surface area contributed by atoms with Gasteiger partial charge in [0.05, 0.1) is 11.1 Å². The van der Waals surface area contributed by atoms with Gasteiger partial charge in [0.25, 0.3) is 0 Å². The van der Waals surface area contributed by atoms with E-state index in [0.29, 0.717) is 28.2 Å². The van der Waals surface area contributed by atoms with Crippen molar-refractivity contribution in [2.24, 2.45) is 0 Å². The highest BCUT2D eigenvalue weighted by atomic mass is 19.4. The highest BCUT2D eigenvalue weighted by Crippen LogP contribution is 2.35. The Morgan fingerprint density at radius 3 is 2.50 bits per heavy atom. The predicted molar refractivity (Wildman–Crippen MR) is 102 cm³/mol. The number of aryl methyl sites for hydroxylation is 1. The van der Waals surface area contributed by atoms with Crippen LogP contribution in [0.2, 0.25) is 0 Å². The second kappa shape index (κ2) is 6.92. The van der Waals surface area contributed by atoms with Gasteiger partial charge in [-0.15, -0.1) is 0 Å². The zero-order valence-corrected chi connectivity index (χ0v) is 14.8. The number of hydrogen-bond donors (Lipinski definition) is 1. The minimum atomic E-state index is -4.42. The van der Waals surface area contributed by atoms with E-state index in [1.54, 1.807) is 24.5 Å². The summed E-state index contributed by atoms with van der Waals surface area (Å²) in [4.78, 5) is 13.2. The summed E-state index contributed by atoms with van der Waals surface area (Å²) in [5.74, 6) is 0.874. The number of benzene rings is 2. The Kier molecular flexibility index (Phi) is 4.43. The molecule has 0 aliphatic rings. The van der Waals surface area contributed by atoms with E-state index >= 15 is 0 Å². The Morgan fingerprint density at radius 1 is 0.929 bits per heavy atom. The van der Waals surface area contributed by atoms with Crippen LogP contribution in [0.25, 0.3) is 22.3 Å². The molecule has 4 nitrogen and oxygen atoms in total. The lowest BCUT2D eigenvalue weighted by molar-refractivity contribution is -0.138. The molecule has 28 heavy (non-hydrogen) atoms. The number of aromatic nitrogens is 3. The van der Waals surface area contributed by atoms with Gasteiger partial charge in [0.1, 0.15) is 5.82 Å². The number of nitrogens with one attached hydrogen (secondary N) is 1. The highest BCUT2D eigenvalue weighted by Gasteiger charge is 2.32. The molecule has 1 N–H and O–H groups in total. The summed E-state index contributed by atoms with van der Waals surface area (Å²) in [5.41, 5.74) is 1.20. The molecule has 0 aliphatic carbocycles. The van der Waals surface area contributed by atoms with Gasteiger partial charge in [-0.3, -0.25) is 4.98 Å². The second-order valence-corrected chi connectivity index (χ2v) is 6.31. The van der Waals surface area contributed by atoms with Crippen LogP contribution >= 0.6 is 0 Å². The van der Waals surface area contributed by atoms with Gasteiger partial charge in [-0.1, -0.05) is 18.2 Å². The largest absolute Gasteiger partial charge is 0.416 e. The summed E-state index contributed by atoms with van der Waals surface area (Å²) in [6.07, 6.45) is -1.13. The van der Waals surface area contributed by atoms with E-state index in [9.17, 15) is 13.2 Å². The van der Waals surface area contributed by atoms with E-state index in [1.165, 1.54) is 13.0 Å². The van der Waals surface area contributed by atoms with Gasteiger partial charge in [-0.2, -0.15) is 13.2 Å². The first-order chi connectivity index (χ1) is 13.4. The first kappa shape index (κ1) is 17.9. The normalized spacial score (nSPS) is 11.6. The van der Waals surface area contributed by atoms with Gasteiger partial charge in [0.15, 0.2) is 5.82 Å². The fraction of sp³-hybridized carbons (Fsp3) is 0.0952. The maximum atomic E-state index is 13.2. The van der Waals surface area contributed by atoms with Gasteiger partial charge < -0.3 is 5.32 Å². The summed E-state index contributed by atoms with van der Waals surface area (Å²) in [6.45, 7) is 1.44. The van der Waals surface area contributed by atoms with Crippen LogP contribution < -0.4 is 5.32 Å². The van der Waals surface area contributed by atoms with Crippen molar-refractivity contribution in [3.8, 4) is 11.4 Å². The number of hydrogen-bond acceptors (Lipinski definition) is 4. The molecule has 2 aromatic heterocycles. The van der Waals surface area contributed by atoms with E-state index < -0.39 is 11.7 Å². The fourth-order valence-corrected chi connectivity index (χ4v) is 2.94. The fourth-order valence-electron chi connectivity index (χ4n) is 2.94. The quantitative estimate of drug-likeness (QED) is 0.491. The van der Waals surface area contributed by atoms with Gasteiger partial charge in [-0.25, -0.2) is 9.97 Å². The van der Waals surface area contributed by atoms with Gasteiger partial charge >= 0.3 is 6.18 Å². The zero-order valence-electron chi connectivity index (χ0n) is 14.8. The average Bonchev–Trinajstić information content (AvgIpc) is 2.69. The second-order valence-electron chi connectivity index (χ2n) is 6.31. The third-order valence-corrected chi connectivity index (χ3v) is 4.33. The van der Waals surface area contributed by atoms with Crippen molar-refractivity contribution >= 4 is 22.4 Å². The molecule has 4 rings (SSSR count). The van der Waals surface area contributed by atoms with Crippen molar-refractivity contribution in [2.75, 3.05) is 5.32 Å². The molecule has 0 atom stereocenters. The van der Waals surface area contributed by atoms with Crippen molar-refractivity contribution in [2.45, 2.75) is 13.1 Å². The average molecular weight is 380 g/mol. The predicted octanol–water partition coefficient (Wildman–Crippen LogP) is 5.76. The lowest BCUT2D eigenvalue weighted by atomic mass is 10.1. The number of fused-ring (bicyclic) bond motifs is 1. The Bertz CT molecular complexity index is 1140. The summed E-state index contributed by atoms with van der Waals surface area (Å²) in [7, 11) is 0. The van der Waals surface area contributed by atoms with Crippen molar-refractivity contribution in [3.05, 3.63) is 78.1 Å². The smallest absolute Gasteiger partial charge is 0.340 e. The summed E-state index contributed by atoms with van der Waals surface area (Å²) in [5, 5.41) is 3.74. The third kappa shape index (κ3) is 3.51. The first-order valence-corrected chi connectivity index (χ1v) is 8.54. The summed E-state index contributed by atoms with van der Waals surface area (Å²) in [6, 6.07) is 15.1. The lowest BCUT2D eigenvalue weighted by Crippen LogP contribution is -2.08. The van der Waals surface area contributed by atoms with Crippen molar-refractivity contribution in [1.29, 1.82) is 0 Å².